The first-order valence-electron chi connectivity index (χ1n) is 7.79. The van der Waals surface area contributed by atoms with Gasteiger partial charge in [-0.05, 0) is 50.2 Å². The summed E-state index contributed by atoms with van der Waals surface area (Å²) in [5.74, 6) is 0.853. The van der Waals surface area contributed by atoms with Crippen LogP contribution in [0.4, 0.5) is 5.69 Å². The first kappa shape index (κ1) is 13.4. The van der Waals surface area contributed by atoms with Crippen LogP contribution in [0.15, 0.2) is 18.3 Å². The summed E-state index contributed by atoms with van der Waals surface area (Å²) in [4.78, 5) is 18.9. The standard InChI is InChI=1S/C16H23N3O/c1-2-9-17-13-5-8-15(18-10-13)16(20)19(14-6-7-14)11-12-3-4-12/h5,8,10,12,14,17H,2-4,6-7,9,11H2,1H3. The zero-order valence-electron chi connectivity index (χ0n) is 12.1. The van der Waals surface area contributed by atoms with E-state index in [1.54, 1.807) is 6.20 Å². The summed E-state index contributed by atoms with van der Waals surface area (Å²) in [7, 11) is 0. The van der Waals surface area contributed by atoms with E-state index in [0.717, 1.165) is 44.0 Å². The highest BCUT2D eigenvalue weighted by Crippen LogP contribution is 2.35. The normalized spacial score (nSPS) is 17.9. The molecule has 20 heavy (non-hydrogen) atoms. The lowest BCUT2D eigenvalue weighted by atomic mass is 10.2. The molecule has 1 N–H and O–H groups in total. The molecule has 1 amide bonds. The van der Waals surface area contributed by atoms with E-state index in [0.29, 0.717) is 11.7 Å². The minimum Gasteiger partial charge on any atom is -0.384 e. The lowest BCUT2D eigenvalue weighted by Gasteiger charge is -2.22. The van der Waals surface area contributed by atoms with Gasteiger partial charge in [-0.15, -0.1) is 0 Å². The SMILES string of the molecule is CCCNc1ccc(C(=O)N(CC2CC2)C2CC2)nc1. The number of carbonyl (C=O) groups is 1. The molecule has 0 saturated heterocycles. The van der Waals surface area contributed by atoms with Crippen LogP contribution in [0.5, 0.6) is 0 Å². The summed E-state index contributed by atoms with van der Waals surface area (Å²) in [6, 6.07) is 4.28. The number of nitrogens with one attached hydrogen (secondary N) is 1. The number of hydrogen-bond donors (Lipinski definition) is 1. The maximum Gasteiger partial charge on any atom is 0.272 e. The van der Waals surface area contributed by atoms with Gasteiger partial charge < -0.3 is 10.2 Å². The Kier molecular flexibility index (Phi) is 3.90. The van der Waals surface area contributed by atoms with Gasteiger partial charge in [-0.2, -0.15) is 0 Å². The molecule has 1 heterocycles. The van der Waals surface area contributed by atoms with Crippen molar-refractivity contribution in [3.63, 3.8) is 0 Å². The van der Waals surface area contributed by atoms with Crippen molar-refractivity contribution >= 4 is 11.6 Å². The summed E-state index contributed by atoms with van der Waals surface area (Å²) in [5, 5.41) is 3.28. The quantitative estimate of drug-likeness (QED) is 0.831. The number of rotatable bonds is 7. The molecule has 4 heteroatoms. The highest BCUT2D eigenvalue weighted by Gasteiger charge is 2.37. The minimum absolute atomic E-state index is 0.112. The predicted octanol–water partition coefficient (Wildman–Crippen LogP) is 2.92. The van der Waals surface area contributed by atoms with Gasteiger partial charge in [0.15, 0.2) is 0 Å². The maximum atomic E-state index is 12.6. The molecule has 2 saturated carbocycles. The van der Waals surface area contributed by atoms with Crippen molar-refractivity contribution in [3.05, 3.63) is 24.0 Å². The second-order valence-electron chi connectivity index (χ2n) is 5.99. The fourth-order valence-electron chi connectivity index (χ4n) is 2.40. The van der Waals surface area contributed by atoms with E-state index in [1.807, 2.05) is 12.1 Å². The Morgan fingerprint density at radius 2 is 2.15 bits per heavy atom. The summed E-state index contributed by atoms with van der Waals surface area (Å²) < 4.78 is 0. The second kappa shape index (κ2) is 5.81. The van der Waals surface area contributed by atoms with E-state index in [2.05, 4.69) is 22.1 Å². The Bertz CT molecular complexity index is 463. The van der Waals surface area contributed by atoms with Crippen molar-refractivity contribution in [1.82, 2.24) is 9.88 Å². The molecule has 1 aromatic rings. The molecule has 0 radical (unpaired) electrons. The fourth-order valence-corrected chi connectivity index (χ4v) is 2.40. The zero-order valence-corrected chi connectivity index (χ0v) is 12.1. The molecule has 2 fully saturated rings. The number of aromatic nitrogens is 1. The van der Waals surface area contributed by atoms with Crippen molar-refractivity contribution in [3.8, 4) is 0 Å². The van der Waals surface area contributed by atoms with Gasteiger partial charge in [-0.25, -0.2) is 4.98 Å². The minimum atomic E-state index is 0.112. The molecule has 3 rings (SSSR count). The number of hydrogen-bond acceptors (Lipinski definition) is 3. The van der Waals surface area contributed by atoms with Crippen LogP contribution < -0.4 is 5.32 Å². The Morgan fingerprint density at radius 1 is 1.35 bits per heavy atom. The fraction of sp³-hybridized carbons (Fsp3) is 0.625. The van der Waals surface area contributed by atoms with Gasteiger partial charge in [0, 0.05) is 19.1 Å². The molecular weight excluding hydrogens is 250 g/mol. The van der Waals surface area contributed by atoms with E-state index >= 15 is 0 Å². The lowest BCUT2D eigenvalue weighted by molar-refractivity contribution is 0.0729. The molecule has 1 aromatic heterocycles. The van der Waals surface area contributed by atoms with E-state index in [-0.39, 0.29) is 5.91 Å². The molecule has 2 aliphatic carbocycles. The molecule has 0 spiro atoms. The summed E-state index contributed by atoms with van der Waals surface area (Å²) in [6.07, 6.45) is 7.74. The van der Waals surface area contributed by atoms with Crippen LogP contribution in [0, 0.1) is 5.92 Å². The van der Waals surface area contributed by atoms with Crippen molar-refractivity contribution < 1.29 is 4.79 Å². The van der Waals surface area contributed by atoms with Crippen LogP contribution in [-0.2, 0) is 0 Å². The van der Waals surface area contributed by atoms with Gasteiger partial charge in [-0.1, -0.05) is 6.92 Å². The zero-order chi connectivity index (χ0) is 13.9. The molecular formula is C16H23N3O. The van der Waals surface area contributed by atoms with Gasteiger partial charge in [-0.3, -0.25) is 4.79 Å². The van der Waals surface area contributed by atoms with Crippen LogP contribution in [0.2, 0.25) is 0 Å². The van der Waals surface area contributed by atoms with Crippen LogP contribution in [0.1, 0.15) is 49.5 Å². The van der Waals surface area contributed by atoms with E-state index in [1.165, 1.54) is 12.8 Å². The number of carbonyl (C=O) groups excluding carboxylic acids is 1. The number of amides is 1. The lowest BCUT2D eigenvalue weighted by Crippen LogP contribution is -2.35. The Morgan fingerprint density at radius 3 is 2.70 bits per heavy atom. The smallest absolute Gasteiger partial charge is 0.272 e. The Hall–Kier alpha value is -1.58. The average molecular weight is 273 g/mol. The Balaban J connectivity index is 1.65. The highest BCUT2D eigenvalue weighted by atomic mass is 16.2. The van der Waals surface area contributed by atoms with Gasteiger partial charge in [0.1, 0.15) is 5.69 Å². The molecule has 2 aliphatic rings. The van der Waals surface area contributed by atoms with Crippen molar-refractivity contribution in [2.75, 3.05) is 18.4 Å². The average Bonchev–Trinajstić information content (AvgIpc) is 3.36. The number of anilines is 1. The first-order chi connectivity index (χ1) is 9.78. The maximum absolute atomic E-state index is 12.6. The van der Waals surface area contributed by atoms with E-state index < -0.39 is 0 Å². The number of nitrogens with zero attached hydrogens (tertiary/aromatic N) is 2. The molecule has 108 valence electrons. The van der Waals surface area contributed by atoms with Crippen LogP contribution in [0.25, 0.3) is 0 Å². The third-order valence-corrected chi connectivity index (χ3v) is 3.96. The highest BCUT2D eigenvalue weighted by molar-refractivity contribution is 5.93. The van der Waals surface area contributed by atoms with Crippen molar-refractivity contribution in [2.45, 2.75) is 45.1 Å². The van der Waals surface area contributed by atoms with E-state index in [4.69, 9.17) is 0 Å². The van der Waals surface area contributed by atoms with Crippen LogP contribution in [-0.4, -0.2) is 34.9 Å². The van der Waals surface area contributed by atoms with Gasteiger partial charge in [0.25, 0.3) is 5.91 Å². The van der Waals surface area contributed by atoms with Gasteiger partial charge in [0.05, 0.1) is 11.9 Å². The summed E-state index contributed by atoms with van der Waals surface area (Å²) >= 11 is 0. The first-order valence-corrected chi connectivity index (χ1v) is 7.79. The molecule has 0 aliphatic heterocycles. The topological polar surface area (TPSA) is 45.2 Å². The van der Waals surface area contributed by atoms with Gasteiger partial charge in [0.2, 0.25) is 0 Å². The number of pyridine rings is 1. The second-order valence-corrected chi connectivity index (χ2v) is 5.99. The molecule has 0 bridgehead atoms. The van der Waals surface area contributed by atoms with Crippen LogP contribution in [0.3, 0.4) is 0 Å². The van der Waals surface area contributed by atoms with Crippen molar-refractivity contribution in [1.29, 1.82) is 0 Å². The molecule has 4 nitrogen and oxygen atoms in total. The predicted molar refractivity (Wildman–Crippen MR) is 79.8 cm³/mol. The molecule has 0 atom stereocenters. The monoisotopic (exact) mass is 273 g/mol. The Labute approximate surface area is 120 Å². The van der Waals surface area contributed by atoms with Crippen molar-refractivity contribution in [2.24, 2.45) is 5.92 Å². The third-order valence-electron chi connectivity index (χ3n) is 3.96. The summed E-state index contributed by atoms with van der Waals surface area (Å²) in [6.45, 7) is 4.00. The third kappa shape index (κ3) is 3.30. The summed E-state index contributed by atoms with van der Waals surface area (Å²) in [5.41, 5.74) is 1.57. The molecule has 0 aromatic carbocycles. The molecule has 0 unspecified atom stereocenters. The van der Waals surface area contributed by atoms with E-state index in [9.17, 15) is 4.79 Å². The van der Waals surface area contributed by atoms with Crippen LogP contribution >= 0.6 is 0 Å². The van der Waals surface area contributed by atoms with Gasteiger partial charge >= 0.3 is 0 Å². The largest absolute Gasteiger partial charge is 0.384 e.